The lowest BCUT2D eigenvalue weighted by atomic mass is 9.72. The van der Waals surface area contributed by atoms with Crippen molar-refractivity contribution < 1.29 is 36.6 Å². The summed E-state index contributed by atoms with van der Waals surface area (Å²) in [6.45, 7) is 14.3. The molecule has 0 bridgehead atoms. The summed E-state index contributed by atoms with van der Waals surface area (Å²) < 4.78 is 63.7. The van der Waals surface area contributed by atoms with Crippen molar-refractivity contribution >= 4 is 28.7 Å². The molecule has 0 N–H and O–H groups in total. The van der Waals surface area contributed by atoms with Crippen LogP contribution >= 0.6 is 11.8 Å². The van der Waals surface area contributed by atoms with E-state index in [0.717, 1.165) is 18.2 Å². The SMILES string of the molecule is CC(CC(C)(C)C)C(C)(C)C(=O)OCCOCCSCCOCCn1cc2oc(=O)c(-c3ccccc3C(F)(F)F)cc2cc1=O. The van der Waals surface area contributed by atoms with Crippen LogP contribution in [0.4, 0.5) is 13.2 Å². The molecule has 0 radical (unpaired) electrons. The molecule has 0 saturated carbocycles. The van der Waals surface area contributed by atoms with Crippen LogP contribution in [0.15, 0.2) is 56.6 Å². The minimum absolute atomic E-state index is 0.0852. The maximum absolute atomic E-state index is 13.5. The van der Waals surface area contributed by atoms with Gasteiger partial charge in [-0.1, -0.05) is 45.9 Å². The molecular formula is C34H44F3NO7S. The van der Waals surface area contributed by atoms with Gasteiger partial charge in [-0.3, -0.25) is 9.59 Å². The number of esters is 1. The molecule has 0 aliphatic carbocycles. The van der Waals surface area contributed by atoms with Gasteiger partial charge in [0.25, 0.3) is 5.56 Å². The minimum Gasteiger partial charge on any atom is -0.463 e. The second-order valence-electron chi connectivity index (χ2n) is 13.0. The molecule has 2 aromatic heterocycles. The number of pyridine rings is 1. The van der Waals surface area contributed by atoms with E-state index in [9.17, 15) is 27.6 Å². The van der Waals surface area contributed by atoms with E-state index in [0.29, 0.717) is 25.6 Å². The number of ether oxygens (including phenoxy) is 3. The number of hydrogen-bond donors (Lipinski definition) is 0. The van der Waals surface area contributed by atoms with Crippen LogP contribution in [-0.2, 0) is 31.7 Å². The number of thioether (sulfide) groups is 1. The third-order valence-electron chi connectivity index (χ3n) is 7.72. The molecule has 0 aliphatic heterocycles. The van der Waals surface area contributed by atoms with E-state index in [-0.39, 0.29) is 59.2 Å². The van der Waals surface area contributed by atoms with E-state index in [1.807, 2.05) is 13.8 Å². The fourth-order valence-corrected chi connectivity index (χ4v) is 5.60. The number of nitrogens with zero attached hydrogens (tertiary/aromatic N) is 1. The van der Waals surface area contributed by atoms with Crippen LogP contribution in [-0.4, -0.2) is 55.1 Å². The van der Waals surface area contributed by atoms with Gasteiger partial charge < -0.3 is 23.2 Å². The summed E-state index contributed by atoms with van der Waals surface area (Å²) in [6, 6.07) is 7.20. The molecule has 12 heteroatoms. The Morgan fingerprint density at radius 1 is 0.913 bits per heavy atom. The molecule has 3 aromatic rings. The van der Waals surface area contributed by atoms with Gasteiger partial charge in [-0.05, 0) is 43.7 Å². The maximum Gasteiger partial charge on any atom is 0.417 e. The molecule has 46 heavy (non-hydrogen) atoms. The minimum atomic E-state index is -4.66. The predicted molar refractivity (Wildman–Crippen MR) is 174 cm³/mol. The van der Waals surface area contributed by atoms with Crippen LogP contribution in [0.5, 0.6) is 0 Å². The molecule has 254 valence electrons. The summed E-state index contributed by atoms with van der Waals surface area (Å²) in [5, 5.41) is 0.222. The number of hydrogen-bond acceptors (Lipinski definition) is 8. The van der Waals surface area contributed by atoms with Gasteiger partial charge in [0, 0.05) is 35.1 Å². The Labute approximate surface area is 271 Å². The fourth-order valence-electron chi connectivity index (χ4n) is 4.92. The number of benzene rings is 1. The lowest BCUT2D eigenvalue weighted by molar-refractivity contribution is -0.159. The average Bonchev–Trinajstić information content (AvgIpc) is 2.96. The summed E-state index contributed by atoms with van der Waals surface area (Å²) in [5.74, 6) is 1.42. The van der Waals surface area contributed by atoms with Gasteiger partial charge in [0.1, 0.15) is 6.61 Å². The molecule has 0 aliphatic rings. The highest BCUT2D eigenvalue weighted by atomic mass is 32.2. The molecule has 0 spiro atoms. The van der Waals surface area contributed by atoms with Gasteiger partial charge in [0.15, 0.2) is 5.58 Å². The van der Waals surface area contributed by atoms with Crippen molar-refractivity contribution in [2.45, 2.75) is 60.7 Å². The van der Waals surface area contributed by atoms with E-state index >= 15 is 0 Å². The van der Waals surface area contributed by atoms with E-state index in [4.69, 9.17) is 18.6 Å². The van der Waals surface area contributed by atoms with Crippen molar-refractivity contribution in [3.05, 3.63) is 68.9 Å². The molecule has 0 amide bonds. The van der Waals surface area contributed by atoms with Crippen molar-refractivity contribution in [3.8, 4) is 11.1 Å². The van der Waals surface area contributed by atoms with Crippen LogP contribution in [0.1, 0.15) is 53.5 Å². The van der Waals surface area contributed by atoms with Crippen molar-refractivity contribution in [1.29, 1.82) is 0 Å². The summed E-state index contributed by atoms with van der Waals surface area (Å²) in [5.41, 5.74) is -3.23. The average molecular weight is 668 g/mol. The Hall–Kier alpha value is -3.09. The van der Waals surface area contributed by atoms with Gasteiger partial charge in [0.05, 0.1) is 49.2 Å². The third-order valence-corrected chi connectivity index (χ3v) is 8.63. The molecule has 1 atom stereocenters. The number of fused-ring (bicyclic) bond motifs is 1. The highest BCUT2D eigenvalue weighted by Crippen LogP contribution is 2.37. The van der Waals surface area contributed by atoms with Crippen molar-refractivity contribution in [2.24, 2.45) is 16.7 Å². The van der Waals surface area contributed by atoms with Gasteiger partial charge in [-0.25, -0.2) is 4.79 Å². The Morgan fingerprint density at radius 3 is 2.22 bits per heavy atom. The first-order chi connectivity index (χ1) is 21.5. The largest absolute Gasteiger partial charge is 0.463 e. The third kappa shape index (κ3) is 10.7. The number of aromatic nitrogens is 1. The van der Waals surface area contributed by atoms with Crippen LogP contribution in [0.25, 0.3) is 22.1 Å². The molecule has 1 aromatic carbocycles. The van der Waals surface area contributed by atoms with Gasteiger partial charge in [0.2, 0.25) is 0 Å². The van der Waals surface area contributed by atoms with Gasteiger partial charge in [-0.15, -0.1) is 0 Å². The Morgan fingerprint density at radius 2 is 1.57 bits per heavy atom. The zero-order chi connectivity index (χ0) is 34.1. The number of carbonyl (C=O) groups excluding carboxylic acids is 1. The van der Waals surface area contributed by atoms with E-state index in [2.05, 4.69) is 27.7 Å². The Bertz CT molecular complexity index is 1570. The smallest absolute Gasteiger partial charge is 0.417 e. The van der Waals surface area contributed by atoms with Crippen molar-refractivity contribution in [3.63, 3.8) is 0 Å². The first-order valence-electron chi connectivity index (χ1n) is 15.3. The predicted octanol–water partition coefficient (Wildman–Crippen LogP) is 7.05. The highest BCUT2D eigenvalue weighted by molar-refractivity contribution is 7.99. The fraction of sp³-hybridized carbons (Fsp3) is 0.559. The van der Waals surface area contributed by atoms with Crippen LogP contribution < -0.4 is 11.2 Å². The molecule has 0 fully saturated rings. The number of halogens is 3. The van der Waals surface area contributed by atoms with Crippen molar-refractivity contribution in [2.75, 3.05) is 44.5 Å². The van der Waals surface area contributed by atoms with Crippen LogP contribution in [0.3, 0.4) is 0 Å². The van der Waals surface area contributed by atoms with Crippen LogP contribution in [0, 0.1) is 16.7 Å². The standard InChI is InChI=1S/C34H44F3NO7S/c1-23(21-32(2,3)4)33(5,6)31(41)44-14-13-43-16-18-46-17-15-42-12-11-38-22-28-24(20-29(38)39)19-26(30(40)45-28)25-9-7-8-10-27(25)34(35,36)37/h7-10,19-20,22-23H,11-18,21H2,1-6H3. The van der Waals surface area contributed by atoms with Gasteiger partial charge in [-0.2, -0.15) is 24.9 Å². The Balaban J connectivity index is 1.36. The van der Waals surface area contributed by atoms with E-state index in [1.165, 1.54) is 41.1 Å². The van der Waals surface area contributed by atoms with E-state index in [1.54, 1.807) is 11.8 Å². The first-order valence-corrected chi connectivity index (χ1v) is 16.4. The lowest BCUT2D eigenvalue weighted by Crippen LogP contribution is -2.35. The normalized spacial score (nSPS) is 13.2. The first kappa shape index (κ1) is 37.4. The van der Waals surface area contributed by atoms with Gasteiger partial charge >= 0.3 is 17.8 Å². The van der Waals surface area contributed by atoms with Crippen LogP contribution in [0.2, 0.25) is 0 Å². The summed E-state index contributed by atoms with van der Waals surface area (Å²) in [6.07, 6.45) is -2.38. The topological polar surface area (TPSA) is 97.0 Å². The number of alkyl halides is 3. The lowest BCUT2D eigenvalue weighted by Gasteiger charge is -2.33. The number of rotatable bonds is 16. The highest BCUT2D eigenvalue weighted by Gasteiger charge is 2.37. The molecule has 3 rings (SSSR count). The second-order valence-corrected chi connectivity index (χ2v) is 14.2. The summed E-state index contributed by atoms with van der Waals surface area (Å²) in [4.78, 5) is 37.8. The maximum atomic E-state index is 13.5. The molecule has 8 nitrogen and oxygen atoms in total. The van der Waals surface area contributed by atoms with Crippen molar-refractivity contribution in [1.82, 2.24) is 4.57 Å². The molecule has 0 saturated heterocycles. The quantitative estimate of drug-likeness (QED) is 0.119. The second kappa shape index (κ2) is 16.1. The number of carbonyl (C=O) groups is 1. The molecule has 2 heterocycles. The zero-order valence-electron chi connectivity index (χ0n) is 27.3. The summed E-state index contributed by atoms with van der Waals surface area (Å²) >= 11 is 1.64. The Kier molecular flexibility index (Phi) is 13.1. The monoisotopic (exact) mass is 667 g/mol. The zero-order valence-corrected chi connectivity index (χ0v) is 28.1. The van der Waals surface area contributed by atoms with E-state index < -0.39 is 28.3 Å². The molecular weight excluding hydrogens is 623 g/mol. The molecule has 1 unspecified atom stereocenters. The summed E-state index contributed by atoms with van der Waals surface area (Å²) in [7, 11) is 0.